The first kappa shape index (κ1) is 11.9. The highest BCUT2D eigenvalue weighted by atomic mass is 32.2. The molecule has 20 heavy (non-hydrogen) atoms. The third-order valence-corrected chi connectivity index (χ3v) is 4.52. The summed E-state index contributed by atoms with van der Waals surface area (Å²) >= 11 is 1.67. The maximum atomic E-state index is 12.1. The highest BCUT2D eigenvalue weighted by molar-refractivity contribution is 7.99. The zero-order valence-electron chi connectivity index (χ0n) is 10.8. The second-order valence-electron chi connectivity index (χ2n) is 5.06. The van der Waals surface area contributed by atoms with Gasteiger partial charge in [-0.1, -0.05) is 23.9 Å². The second-order valence-corrected chi connectivity index (χ2v) is 6.14. The summed E-state index contributed by atoms with van der Waals surface area (Å²) in [6, 6.07) is 14.0. The van der Waals surface area contributed by atoms with Crippen LogP contribution < -0.4 is 10.1 Å². The van der Waals surface area contributed by atoms with Gasteiger partial charge in [-0.25, -0.2) is 0 Å². The maximum Gasteiger partial charge on any atom is 0.251 e. The summed E-state index contributed by atoms with van der Waals surface area (Å²) < 4.78 is 5.89. The van der Waals surface area contributed by atoms with Gasteiger partial charge in [-0.2, -0.15) is 0 Å². The molecule has 1 fully saturated rings. The van der Waals surface area contributed by atoms with Crippen molar-refractivity contribution in [3.05, 3.63) is 48.0 Å². The number of hydrogen-bond donors (Lipinski definition) is 1. The van der Waals surface area contributed by atoms with E-state index in [9.17, 15) is 4.79 Å². The van der Waals surface area contributed by atoms with Crippen molar-refractivity contribution >= 4 is 17.7 Å². The van der Waals surface area contributed by atoms with Crippen molar-refractivity contribution in [1.82, 2.24) is 5.32 Å². The van der Waals surface area contributed by atoms with Crippen LogP contribution in [0.5, 0.6) is 11.5 Å². The Kier molecular flexibility index (Phi) is 2.70. The standard InChI is InChI=1S/C16H13NO2S/c18-16(17-11-6-7-11)10-5-8-15-13(9-10)19-12-3-1-2-4-14(12)20-15/h1-5,8-9,11H,6-7H2,(H,17,18). The molecule has 100 valence electrons. The fourth-order valence-electron chi connectivity index (χ4n) is 2.17. The molecule has 1 amide bonds. The molecule has 1 aliphatic heterocycles. The lowest BCUT2D eigenvalue weighted by Gasteiger charge is -2.19. The summed E-state index contributed by atoms with van der Waals surface area (Å²) in [5.74, 6) is 1.60. The molecule has 0 bridgehead atoms. The molecule has 0 aromatic heterocycles. The molecule has 4 rings (SSSR count). The summed E-state index contributed by atoms with van der Waals surface area (Å²) in [6.07, 6.45) is 2.19. The lowest BCUT2D eigenvalue weighted by molar-refractivity contribution is 0.0950. The van der Waals surface area contributed by atoms with Crippen LogP contribution in [0.2, 0.25) is 0 Å². The molecular weight excluding hydrogens is 270 g/mol. The zero-order chi connectivity index (χ0) is 13.5. The number of amides is 1. The van der Waals surface area contributed by atoms with Crippen LogP contribution in [0.15, 0.2) is 52.3 Å². The molecule has 2 aliphatic rings. The number of carbonyl (C=O) groups excluding carboxylic acids is 1. The van der Waals surface area contributed by atoms with Gasteiger partial charge in [-0.15, -0.1) is 0 Å². The minimum Gasteiger partial charge on any atom is -0.455 e. The number of benzene rings is 2. The molecule has 0 saturated heterocycles. The fourth-order valence-corrected chi connectivity index (χ4v) is 3.10. The molecule has 0 spiro atoms. The highest BCUT2D eigenvalue weighted by Crippen LogP contribution is 2.46. The van der Waals surface area contributed by atoms with Gasteiger partial charge in [0.15, 0.2) is 0 Å². The Hall–Kier alpha value is -1.94. The largest absolute Gasteiger partial charge is 0.455 e. The number of nitrogens with one attached hydrogen (secondary N) is 1. The average Bonchev–Trinajstić information content (AvgIpc) is 3.28. The number of fused-ring (bicyclic) bond motifs is 2. The van der Waals surface area contributed by atoms with Gasteiger partial charge >= 0.3 is 0 Å². The molecule has 0 atom stereocenters. The summed E-state index contributed by atoms with van der Waals surface area (Å²) in [6.45, 7) is 0. The molecule has 0 radical (unpaired) electrons. The normalized spacial score (nSPS) is 15.8. The van der Waals surface area contributed by atoms with E-state index in [1.165, 1.54) is 0 Å². The van der Waals surface area contributed by atoms with Crippen molar-refractivity contribution in [2.24, 2.45) is 0 Å². The van der Waals surface area contributed by atoms with Gasteiger partial charge in [0, 0.05) is 11.6 Å². The Morgan fingerprint density at radius 2 is 1.90 bits per heavy atom. The van der Waals surface area contributed by atoms with Crippen molar-refractivity contribution < 1.29 is 9.53 Å². The summed E-state index contributed by atoms with van der Waals surface area (Å²) in [4.78, 5) is 14.2. The number of carbonyl (C=O) groups is 1. The third-order valence-electron chi connectivity index (χ3n) is 3.41. The van der Waals surface area contributed by atoms with E-state index >= 15 is 0 Å². The van der Waals surface area contributed by atoms with Crippen molar-refractivity contribution in [3.8, 4) is 11.5 Å². The van der Waals surface area contributed by atoms with Crippen LogP contribution in [0.25, 0.3) is 0 Å². The molecule has 1 heterocycles. The number of hydrogen-bond acceptors (Lipinski definition) is 3. The molecule has 0 unspecified atom stereocenters. The van der Waals surface area contributed by atoms with Gasteiger partial charge < -0.3 is 10.1 Å². The number of ether oxygens (including phenoxy) is 1. The number of rotatable bonds is 2. The summed E-state index contributed by atoms with van der Waals surface area (Å²) in [5, 5.41) is 2.99. The minimum absolute atomic E-state index is 0.0113. The first-order valence-electron chi connectivity index (χ1n) is 6.69. The van der Waals surface area contributed by atoms with E-state index in [-0.39, 0.29) is 5.91 Å². The van der Waals surface area contributed by atoms with Crippen LogP contribution in [0.1, 0.15) is 23.2 Å². The van der Waals surface area contributed by atoms with Gasteiger partial charge in [0.05, 0.1) is 9.79 Å². The average molecular weight is 283 g/mol. The molecule has 2 aromatic rings. The topological polar surface area (TPSA) is 38.3 Å². The molecule has 1 aliphatic carbocycles. The summed E-state index contributed by atoms with van der Waals surface area (Å²) in [7, 11) is 0. The Morgan fingerprint density at radius 3 is 2.75 bits per heavy atom. The van der Waals surface area contributed by atoms with E-state index in [2.05, 4.69) is 5.32 Å². The predicted molar refractivity (Wildman–Crippen MR) is 77.6 cm³/mol. The monoisotopic (exact) mass is 283 g/mol. The van der Waals surface area contributed by atoms with Gasteiger partial charge in [-0.3, -0.25) is 4.79 Å². The van der Waals surface area contributed by atoms with Crippen LogP contribution in [-0.4, -0.2) is 11.9 Å². The van der Waals surface area contributed by atoms with Crippen LogP contribution in [0.3, 0.4) is 0 Å². The van der Waals surface area contributed by atoms with Crippen LogP contribution in [0, 0.1) is 0 Å². The Bertz CT molecular complexity index is 695. The molecule has 1 saturated carbocycles. The second kappa shape index (κ2) is 4.56. The Morgan fingerprint density at radius 1 is 1.10 bits per heavy atom. The maximum absolute atomic E-state index is 12.1. The fraction of sp³-hybridized carbons (Fsp3) is 0.188. The lowest BCUT2D eigenvalue weighted by Crippen LogP contribution is -2.25. The van der Waals surface area contributed by atoms with E-state index in [0.29, 0.717) is 11.6 Å². The van der Waals surface area contributed by atoms with Gasteiger partial charge in [0.1, 0.15) is 11.5 Å². The van der Waals surface area contributed by atoms with E-state index in [1.54, 1.807) is 11.8 Å². The van der Waals surface area contributed by atoms with Crippen LogP contribution >= 0.6 is 11.8 Å². The van der Waals surface area contributed by atoms with E-state index in [1.807, 2.05) is 42.5 Å². The van der Waals surface area contributed by atoms with Crippen molar-refractivity contribution in [3.63, 3.8) is 0 Å². The number of para-hydroxylation sites is 1. The van der Waals surface area contributed by atoms with E-state index < -0.39 is 0 Å². The highest BCUT2D eigenvalue weighted by Gasteiger charge is 2.25. The quantitative estimate of drug-likeness (QED) is 0.776. The Labute approximate surface area is 121 Å². The van der Waals surface area contributed by atoms with Gasteiger partial charge in [-0.05, 0) is 43.2 Å². The van der Waals surface area contributed by atoms with Crippen molar-refractivity contribution in [2.75, 3.05) is 0 Å². The first-order chi connectivity index (χ1) is 9.79. The zero-order valence-corrected chi connectivity index (χ0v) is 11.6. The Balaban J connectivity index is 1.63. The predicted octanol–water partition coefficient (Wildman–Crippen LogP) is 3.84. The molecule has 3 nitrogen and oxygen atoms in total. The lowest BCUT2D eigenvalue weighted by atomic mass is 10.2. The van der Waals surface area contributed by atoms with Crippen molar-refractivity contribution in [2.45, 2.75) is 28.7 Å². The van der Waals surface area contributed by atoms with Gasteiger partial charge in [0.2, 0.25) is 0 Å². The van der Waals surface area contributed by atoms with Crippen molar-refractivity contribution in [1.29, 1.82) is 0 Å². The third kappa shape index (κ3) is 2.16. The van der Waals surface area contributed by atoms with Crippen LogP contribution in [0.4, 0.5) is 0 Å². The molecule has 4 heteroatoms. The smallest absolute Gasteiger partial charge is 0.251 e. The molecular formula is C16H13NO2S. The molecule has 1 N–H and O–H groups in total. The van der Waals surface area contributed by atoms with E-state index in [4.69, 9.17) is 4.74 Å². The minimum atomic E-state index is -0.0113. The SMILES string of the molecule is O=C(NC1CC1)c1ccc2c(c1)Oc1ccccc1S2. The van der Waals surface area contributed by atoms with Gasteiger partial charge in [0.25, 0.3) is 5.91 Å². The van der Waals surface area contributed by atoms with Crippen LogP contribution in [-0.2, 0) is 0 Å². The first-order valence-corrected chi connectivity index (χ1v) is 7.51. The molecule has 2 aromatic carbocycles. The summed E-state index contributed by atoms with van der Waals surface area (Å²) in [5.41, 5.74) is 0.663. The van der Waals surface area contributed by atoms with E-state index in [0.717, 1.165) is 34.1 Å².